The lowest BCUT2D eigenvalue weighted by atomic mass is 10.0. The molecule has 0 fully saturated rings. The molecule has 0 radical (unpaired) electrons. The number of hydrogen-bond acceptors (Lipinski definition) is 5. The smallest absolute Gasteiger partial charge is 0.146 e. The molecule has 0 aromatic heterocycles. The van der Waals surface area contributed by atoms with Crippen LogP contribution in [0.15, 0.2) is 46.6 Å². The average Bonchev–Trinajstić information content (AvgIpc) is 2.71. The van der Waals surface area contributed by atoms with Crippen molar-refractivity contribution in [2.45, 2.75) is 77.6 Å². The highest BCUT2D eigenvalue weighted by atomic mass is 16.3. The zero-order chi connectivity index (χ0) is 20.9. The number of azo groups is 1. The van der Waals surface area contributed by atoms with E-state index in [1.54, 1.807) is 24.3 Å². The number of benzene rings is 2. The first kappa shape index (κ1) is 22.7. The Balaban J connectivity index is 1.79. The second-order valence-electron chi connectivity index (χ2n) is 7.59. The molecule has 0 aliphatic rings. The minimum Gasteiger partial charge on any atom is -0.508 e. The lowest BCUT2D eigenvalue weighted by molar-refractivity contribution is 0.445. The molecule has 0 heterocycles. The number of para-hydroxylation sites is 1. The Morgan fingerprint density at radius 2 is 1.21 bits per heavy atom. The van der Waals surface area contributed by atoms with Crippen LogP contribution < -0.4 is 0 Å². The van der Waals surface area contributed by atoms with Crippen LogP contribution in [0.25, 0.3) is 0 Å². The molecule has 0 aliphatic carbocycles. The van der Waals surface area contributed by atoms with E-state index in [0.29, 0.717) is 5.69 Å². The zero-order valence-corrected chi connectivity index (χ0v) is 17.5. The van der Waals surface area contributed by atoms with Gasteiger partial charge >= 0.3 is 0 Å². The van der Waals surface area contributed by atoms with E-state index < -0.39 is 0 Å². The monoisotopic (exact) mass is 398 g/mol. The maximum absolute atomic E-state index is 10.1. The number of aromatic hydroxyl groups is 3. The van der Waals surface area contributed by atoms with Gasteiger partial charge in [0.05, 0.1) is 0 Å². The van der Waals surface area contributed by atoms with Crippen molar-refractivity contribution in [1.82, 2.24) is 0 Å². The first-order valence-corrected chi connectivity index (χ1v) is 10.9. The Hall–Kier alpha value is -2.56. The summed E-state index contributed by atoms with van der Waals surface area (Å²) in [6.45, 7) is 2.24. The van der Waals surface area contributed by atoms with Crippen molar-refractivity contribution in [2.75, 3.05) is 0 Å². The molecule has 158 valence electrons. The molecule has 0 spiro atoms. The minimum absolute atomic E-state index is 0.0279. The second-order valence-corrected chi connectivity index (χ2v) is 7.59. The number of hydrogen-bond donors (Lipinski definition) is 3. The average molecular weight is 399 g/mol. The van der Waals surface area contributed by atoms with Gasteiger partial charge in [-0.05, 0) is 36.6 Å². The molecule has 3 N–H and O–H groups in total. The topological polar surface area (TPSA) is 85.4 Å². The standard InChI is InChI=1S/C24H34N2O3/c1-2-3-4-5-6-7-8-9-10-11-14-19-17-21(24(29)18-23(19)28)26-25-20-15-12-13-16-22(20)27/h12-13,15-18,27-29H,2-11,14H2,1H3. The molecule has 0 bridgehead atoms. The third-order valence-corrected chi connectivity index (χ3v) is 5.12. The van der Waals surface area contributed by atoms with Gasteiger partial charge in [-0.1, -0.05) is 76.8 Å². The Kier molecular flexibility index (Phi) is 10.0. The van der Waals surface area contributed by atoms with E-state index >= 15 is 0 Å². The van der Waals surface area contributed by atoms with Gasteiger partial charge in [-0.3, -0.25) is 0 Å². The molecule has 0 saturated heterocycles. The van der Waals surface area contributed by atoms with Crippen LogP contribution in [0, 0.1) is 0 Å². The fourth-order valence-corrected chi connectivity index (χ4v) is 3.35. The van der Waals surface area contributed by atoms with E-state index in [2.05, 4.69) is 17.2 Å². The Bertz CT molecular complexity index is 775. The molecule has 29 heavy (non-hydrogen) atoms. The molecule has 0 aliphatic heterocycles. The highest BCUT2D eigenvalue weighted by Crippen LogP contribution is 2.36. The van der Waals surface area contributed by atoms with Crippen molar-refractivity contribution in [3.63, 3.8) is 0 Å². The van der Waals surface area contributed by atoms with Gasteiger partial charge in [-0.25, -0.2) is 0 Å². The second kappa shape index (κ2) is 12.8. The van der Waals surface area contributed by atoms with Crippen molar-refractivity contribution in [3.05, 3.63) is 42.0 Å². The number of nitrogens with zero attached hydrogens (tertiary/aromatic N) is 2. The largest absolute Gasteiger partial charge is 0.508 e. The normalized spacial score (nSPS) is 11.3. The van der Waals surface area contributed by atoms with E-state index in [-0.39, 0.29) is 22.9 Å². The number of phenols is 3. The molecule has 5 nitrogen and oxygen atoms in total. The van der Waals surface area contributed by atoms with E-state index in [1.807, 2.05) is 0 Å². The van der Waals surface area contributed by atoms with E-state index in [9.17, 15) is 15.3 Å². The lowest BCUT2D eigenvalue weighted by Crippen LogP contribution is -1.88. The van der Waals surface area contributed by atoms with Gasteiger partial charge in [0.2, 0.25) is 0 Å². The van der Waals surface area contributed by atoms with Crippen LogP contribution in [0.2, 0.25) is 0 Å². The molecule has 0 atom stereocenters. The number of phenolic OH excluding ortho intramolecular Hbond substituents is 3. The van der Waals surface area contributed by atoms with Crippen LogP contribution in [0.5, 0.6) is 17.2 Å². The molecule has 2 aromatic carbocycles. The van der Waals surface area contributed by atoms with E-state index in [0.717, 1.165) is 24.8 Å². The Morgan fingerprint density at radius 1 is 0.621 bits per heavy atom. The molecule has 2 aromatic rings. The molecular formula is C24H34N2O3. The van der Waals surface area contributed by atoms with Crippen LogP contribution in [0.4, 0.5) is 11.4 Å². The molecule has 0 saturated carbocycles. The summed E-state index contributed by atoms with van der Waals surface area (Å²) in [4.78, 5) is 0. The van der Waals surface area contributed by atoms with Crippen LogP contribution in [0.1, 0.15) is 76.7 Å². The summed E-state index contributed by atoms with van der Waals surface area (Å²) in [7, 11) is 0. The summed E-state index contributed by atoms with van der Waals surface area (Å²) in [5.74, 6) is -0.0199. The molecule has 2 rings (SSSR count). The maximum Gasteiger partial charge on any atom is 0.146 e. The quantitative estimate of drug-likeness (QED) is 0.239. The summed E-state index contributed by atoms with van der Waals surface area (Å²) in [5, 5.41) is 37.9. The van der Waals surface area contributed by atoms with Gasteiger partial charge in [0, 0.05) is 6.07 Å². The summed E-state index contributed by atoms with van der Waals surface area (Å²) < 4.78 is 0. The van der Waals surface area contributed by atoms with Crippen molar-refractivity contribution in [2.24, 2.45) is 10.2 Å². The third-order valence-electron chi connectivity index (χ3n) is 5.12. The number of aryl methyl sites for hydroxylation is 1. The molecule has 0 unspecified atom stereocenters. The number of rotatable bonds is 13. The van der Waals surface area contributed by atoms with Crippen LogP contribution in [0.3, 0.4) is 0 Å². The highest BCUT2D eigenvalue weighted by Gasteiger charge is 2.09. The summed E-state index contributed by atoms with van der Waals surface area (Å²) >= 11 is 0. The Morgan fingerprint density at radius 3 is 1.86 bits per heavy atom. The van der Waals surface area contributed by atoms with Crippen LogP contribution >= 0.6 is 0 Å². The maximum atomic E-state index is 10.1. The summed E-state index contributed by atoms with van der Waals surface area (Å²) in [6.07, 6.45) is 13.4. The van der Waals surface area contributed by atoms with E-state index in [1.165, 1.54) is 63.5 Å². The SMILES string of the molecule is CCCCCCCCCCCCc1cc(N=Nc2ccccc2O)c(O)cc1O. The van der Waals surface area contributed by atoms with Crippen LogP contribution in [-0.4, -0.2) is 15.3 Å². The predicted octanol–water partition coefficient (Wildman–Crippen LogP) is 7.68. The molecule has 5 heteroatoms. The van der Waals surface area contributed by atoms with Crippen molar-refractivity contribution in [1.29, 1.82) is 0 Å². The predicted molar refractivity (Wildman–Crippen MR) is 118 cm³/mol. The van der Waals surface area contributed by atoms with Gasteiger partial charge in [0.15, 0.2) is 0 Å². The first-order chi connectivity index (χ1) is 14.1. The van der Waals surface area contributed by atoms with E-state index in [4.69, 9.17) is 0 Å². The van der Waals surface area contributed by atoms with Gasteiger partial charge in [-0.2, -0.15) is 0 Å². The fourth-order valence-electron chi connectivity index (χ4n) is 3.35. The third kappa shape index (κ3) is 8.14. The lowest BCUT2D eigenvalue weighted by Gasteiger charge is -2.08. The summed E-state index contributed by atoms with van der Waals surface area (Å²) in [6, 6.07) is 9.60. The number of unbranched alkanes of at least 4 members (excludes halogenated alkanes) is 9. The van der Waals surface area contributed by atoms with Gasteiger partial charge in [0.25, 0.3) is 0 Å². The summed E-state index contributed by atoms with van der Waals surface area (Å²) in [5.41, 5.74) is 1.37. The van der Waals surface area contributed by atoms with Gasteiger partial charge < -0.3 is 15.3 Å². The highest BCUT2D eigenvalue weighted by molar-refractivity contribution is 5.58. The Labute approximate surface area is 174 Å². The van der Waals surface area contributed by atoms with Crippen molar-refractivity contribution >= 4 is 11.4 Å². The van der Waals surface area contributed by atoms with Gasteiger partial charge in [0.1, 0.15) is 28.6 Å². The fraction of sp³-hybridized carbons (Fsp3) is 0.500. The van der Waals surface area contributed by atoms with Gasteiger partial charge in [-0.15, -0.1) is 10.2 Å². The van der Waals surface area contributed by atoms with Crippen LogP contribution in [-0.2, 0) is 6.42 Å². The minimum atomic E-state index is -0.131. The first-order valence-electron chi connectivity index (χ1n) is 10.9. The molecular weight excluding hydrogens is 364 g/mol. The van der Waals surface area contributed by atoms with Crippen molar-refractivity contribution in [3.8, 4) is 17.2 Å². The molecule has 0 amide bonds. The van der Waals surface area contributed by atoms with Crippen molar-refractivity contribution < 1.29 is 15.3 Å². The zero-order valence-electron chi connectivity index (χ0n) is 17.5.